The van der Waals surface area contributed by atoms with Gasteiger partial charge in [0.1, 0.15) is 6.04 Å². The minimum Gasteiger partial charge on any atom is -0.480 e. The molecule has 0 aliphatic rings. The van der Waals surface area contributed by atoms with Crippen LogP contribution in [-0.4, -0.2) is 50.5 Å². The Morgan fingerprint density at radius 3 is 1.94 bits per heavy atom. The number of carboxylic acid groups (broad SMARTS) is 1. The molecule has 96 valence electrons. The second-order valence-corrected chi connectivity index (χ2v) is 2.94. The van der Waals surface area contributed by atoms with Gasteiger partial charge in [0.2, 0.25) is 5.91 Å². The summed E-state index contributed by atoms with van der Waals surface area (Å²) in [6.07, 6.45) is 0.123. The van der Waals surface area contributed by atoms with Crippen LogP contribution in [0.1, 0.15) is 12.8 Å². The molecule has 0 rings (SSSR count). The SMILES string of the molecule is COCCOC.NC(=O)CC[C@H](N)C(=O)O. The molecule has 0 bridgehead atoms. The molecule has 0 radical (unpaired) electrons. The number of amides is 1. The van der Waals surface area contributed by atoms with Crippen LogP contribution in [-0.2, 0) is 19.1 Å². The smallest absolute Gasteiger partial charge is 0.320 e. The van der Waals surface area contributed by atoms with Crippen molar-refractivity contribution < 1.29 is 24.2 Å². The number of hydrogen-bond acceptors (Lipinski definition) is 5. The molecule has 0 saturated heterocycles. The number of carboxylic acids is 1. The van der Waals surface area contributed by atoms with E-state index in [2.05, 4.69) is 9.47 Å². The van der Waals surface area contributed by atoms with Crippen LogP contribution in [0, 0.1) is 0 Å². The molecule has 0 fully saturated rings. The van der Waals surface area contributed by atoms with Crippen LogP contribution in [0.15, 0.2) is 0 Å². The van der Waals surface area contributed by atoms with E-state index in [4.69, 9.17) is 16.6 Å². The van der Waals surface area contributed by atoms with E-state index in [-0.39, 0.29) is 12.8 Å². The Hall–Kier alpha value is -1.18. The topological polar surface area (TPSA) is 125 Å². The highest BCUT2D eigenvalue weighted by atomic mass is 16.5. The van der Waals surface area contributed by atoms with Crippen molar-refractivity contribution in [2.24, 2.45) is 11.5 Å². The predicted molar refractivity (Wildman–Crippen MR) is 57.8 cm³/mol. The van der Waals surface area contributed by atoms with Crippen LogP contribution in [0.2, 0.25) is 0 Å². The molecule has 7 heteroatoms. The average molecular weight is 236 g/mol. The summed E-state index contributed by atoms with van der Waals surface area (Å²) in [6, 6.07) is -0.979. The third kappa shape index (κ3) is 15.3. The monoisotopic (exact) mass is 236 g/mol. The predicted octanol–water partition coefficient (Wildman–Crippen LogP) is -1.06. The van der Waals surface area contributed by atoms with Crippen LogP contribution >= 0.6 is 0 Å². The van der Waals surface area contributed by atoms with E-state index in [0.29, 0.717) is 13.2 Å². The second kappa shape index (κ2) is 11.9. The van der Waals surface area contributed by atoms with Crippen molar-refractivity contribution in [3.05, 3.63) is 0 Å². The van der Waals surface area contributed by atoms with Gasteiger partial charge in [-0.1, -0.05) is 0 Å². The lowest BCUT2D eigenvalue weighted by atomic mass is 10.2. The second-order valence-electron chi connectivity index (χ2n) is 2.94. The maximum absolute atomic E-state index is 10.1. The summed E-state index contributed by atoms with van der Waals surface area (Å²) in [6.45, 7) is 1.38. The van der Waals surface area contributed by atoms with Crippen LogP contribution in [0.4, 0.5) is 0 Å². The van der Waals surface area contributed by atoms with Crippen molar-refractivity contribution in [3.63, 3.8) is 0 Å². The first-order valence-corrected chi connectivity index (χ1v) is 4.70. The third-order valence-corrected chi connectivity index (χ3v) is 1.51. The standard InChI is InChI=1S/C5H10N2O3.C4H10O2/c6-3(5(9)10)1-2-4(7)8;1-5-3-4-6-2/h3H,1-2,6H2,(H2,7,8)(H,9,10);3-4H2,1-2H3/t3-;/m0./s1. The summed E-state index contributed by atoms with van der Waals surface area (Å²) in [5.41, 5.74) is 9.81. The fourth-order valence-electron chi connectivity index (χ4n) is 0.588. The molecule has 0 aliphatic heterocycles. The van der Waals surface area contributed by atoms with Gasteiger partial charge in [0.05, 0.1) is 13.2 Å². The summed E-state index contributed by atoms with van der Waals surface area (Å²) in [7, 11) is 3.30. The normalized spacial score (nSPS) is 11.2. The maximum atomic E-state index is 10.1. The van der Waals surface area contributed by atoms with Crippen molar-refractivity contribution in [2.75, 3.05) is 27.4 Å². The lowest BCUT2D eigenvalue weighted by molar-refractivity contribution is -0.138. The van der Waals surface area contributed by atoms with Crippen LogP contribution in [0.3, 0.4) is 0 Å². The van der Waals surface area contributed by atoms with Gasteiger partial charge in [0.25, 0.3) is 0 Å². The van der Waals surface area contributed by atoms with Gasteiger partial charge in [0.15, 0.2) is 0 Å². The molecule has 5 N–H and O–H groups in total. The summed E-state index contributed by atoms with van der Waals surface area (Å²) < 4.78 is 9.31. The average Bonchev–Trinajstić information content (AvgIpc) is 2.23. The summed E-state index contributed by atoms with van der Waals surface area (Å²) in [5, 5.41) is 8.22. The number of aliphatic carboxylic acids is 1. The fourth-order valence-corrected chi connectivity index (χ4v) is 0.588. The zero-order valence-corrected chi connectivity index (χ0v) is 9.64. The van der Waals surface area contributed by atoms with E-state index in [0.717, 1.165) is 0 Å². The molecule has 1 amide bonds. The van der Waals surface area contributed by atoms with Gasteiger partial charge < -0.3 is 26.0 Å². The van der Waals surface area contributed by atoms with Crippen LogP contribution in [0.25, 0.3) is 0 Å². The molecule has 0 aromatic heterocycles. The van der Waals surface area contributed by atoms with E-state index in [9.17, 15) is 9.59 Å². The lowest BCUT2D eigenvalue weighted by Crippen LogP contribution is -2.31. The van der Waals surface area contributed by atoms with Gasteiger partial charge in [-0.2, -0.15) is 0 Å². The number of rotatable bonds is 7. The molecular formula is C9H20N2O5. The molecule has 0 saturated carbocycles. The minimum absolute atomic E-state index is 0.0213. The molecule has 0 unspecified atom stereocenters. The minimum atomic E-state index is -1.11. The Balaban J connectivity index is 0. The first-order chi connectivity index (χ1) is 7.45. The van der Waals surface area contributed by atoms with Gasteiger partial charge in [-0.25, -0.2) is 0 Å². The number of carbonyl (C=O) groups excluding carboxylic acids is 1. The maximum Gasteiger partial charge on any atom is 0.320 e. The third-order valence-electron chi connectivity index (χ3n) is 1.51. The Bertz CT molecular complexity index is 194. The first-order valence-electron chi connectivity index (χ1n) is 4.70. The highest BCUT2D eigenvalue weighted by molar-refractivity contribution is 5.76. The fraction of sp³-hybridized carbons (Fsp3) is 0.778. The number of primary amides is 1. The molecular weight excluding hydrogens is 216 g/mol. The number of ether oxygens (including phenoxy) is 2. The zero-order valence-electron chi connectivity index (χ0n) is 9.64. The number of carbonyl (C=O) groups is 2. The first kappa shape index (κ1) is 17.2. The Kier molecular flexibility index (Phi) is 12.8. The highest BCUT2D eigenvalue weighted by Gasteiger charge is 2.11. The largest absolute Gasteiger partial charge is 0.480 e. The Labute approximate surface area is 94.7 Å². The lowest BCUT2D eigenvalue weighted by Gasteiger charge is -2.01. The number of methoxy groups -OCH3 is 2. The molecule has 0 spiro atoms. The van der Waals surface area contributed by atoms with Crippen molar-refractivity contribution in [1.82, 2.24) is 0 Å². The van der Waals surface area contributed by atoms with Gasteiger partial charge in [-0.3, -0.25) is 9.59 Å². The van der Waals surface area contributed by atoms with Crippen LogP contribution < -0.4 is 11.5 Å². The van der Waals surface area contributed by atoms with Crippen molar-refractivity contribution >= 4 is 11.9 Å². The van der Waals surface area contributed by atoms with Crippen molar-refractivity contribution in [1.29, 1.82) is 0 Å². The molecule has 0 heterocycles. The Morgan fingerprint density at radius 1 is 1.25 bits per heavy atom. The number of hydrogen-bond donors (Lipinski definition) is 3. The van der Waals surface area contributed by atoms with E-state index >= 15 is 0 Å². The summed E-state index contributed by atoms with van der Waals surface area (Å²) >= 11 is 0. The van der Waals surface area contributed by atoms with E-state index in [1.54, 1.807) is 14.2 Å². The number of nitrogens with two attached hydrogens (primary N) is 2. The molecule has 16 heavy (non-hydrogen) atoms. The van der Waals surface area contributed by atoms with E-state index in [1.807, 2.05) is 0 Å². The molecule has 0 aliphatic carbocycles. The van der Waals surface area contributed by atoms with Crippen molar-refractivity contribution in [2.45, 2.75) is 18.9 Å². The van der Waals surface area contributed by atoms with Gasteiger partial charge >= 0.3 is 5.97 Å². The van der Waals surface area contributed by atoms with Gasteiger partial charge in [-0.05, 0) is 6.42 Å². The highest BCUT2D eigenvalue weighted by Crippen LogP contribution is 1.92. The van der Waals surface area contributed by atoms with Crippen molar-refractivity contribution in [3.8, 4) is 0 Å². The van der Waals surface area contributed by atoms with E-state index < -0.39 is 17.9 Å². The van der Waals surface area contributed by atoms with Crippen LogP contribution in [0.5, 0.6) is 0 Å². The Morgan fingerprint density at radius 2 is 1.69 bits per heavy atom. The summed E-state index contributed by atoms with van der Waals surface area (Å²) in [5.74, 6) is -1.64. The molecule has 0 aromatic rings. The molecule has 1 atom stereocenters. The quantitative estimate of drug-likeness (QED) is 0.484. The zero-order chi connectivity index (χ0) is 13.0. The van der Waals surface area contributed by atoms with E-state index in [1.165, 1.54) is 0 Å². The van der Waals surface area contributed by atoms with Gasteiger partial charge in [0, 0.05) is 20.6 Å². The molecule has 0 aromatic carbocycles. The molecule has 7 nitrogen and oxygen atoms in total. The van der Waals surface area contributed by atoms with Gasteiger partial charge in [-0.15, -0.1) is 0 Å². The summed E-state index contributed by atoms with van der Waals surface area (Å²) in [4.78, 5) is 20.1.